The van der Waals surface area contributed by atoms with Crippen molar-refractivity contribution in [2.45, 2.75) is 72.6 Å². The van der Waals surface area contributed by atoms with Crippen LogP contribution in [0.2, 0.25) is 0 Å². The molecule has 0 amide bonds. The zero-order valence-corrected chi connectivity index (χ0v) is 18.0. The Labute approximate surface area is 164 Å². The summed E-state index contributed by atoms with van der Waals surface area (Å²) in [7, 11) is 0. The van der Waals surface area contributed by atoms with Crippen LogP contribution in [0.3, 0.4) is 0 Å². The summed E-state index contributed by atoms with van der Waals surface area (Å²) in [4.78, 5) is 0. The quantitative estimate of drug-likeness (QED) is 0.394. The van der Waals surface area contributed by atoms with E-state index >= 15 is 0 Å². The van der Waals surface area contributed by atoms with Gasteiger partial charge in [-0.2, -0.15) is 0 Å². The normalized spacial score (nSPS) is 20.7. The Hall–Kier alpha value is -2.08. The second-order valence-electron chi connectivity index (χ2n) is 10.0. The first-order valence-electron chi connectivity index (χ1n) is 10.3. The first-order chi connectivity index (χ1) is 12.5. The van der Waals surface area contributed by atoms with Gasteiger partial charge >= 0.3 is 0 Å². The second-order valence-corrected chi connectivity index (χ2v) is 10.0. The smallest absolute Gasteiger partial charge is 0.0114 e. The third-order valence-corrected chi connectivity index (χ3v) is 8.31. The van der Waals surface area contributed by atoms with Gasteiger partial charge in [-0.3, -0.25) is 0 Å². The zero-order valence-electron chi connectivity index (χ0n) is 18.0. The number of allylic oxidation sites excluding steroid dienone is 4. The monoisotopic (exact) mass is 354 g/mol. The van der Waals surface area contributed by atoms with Crippen LogP contribution >= 0.6 is 0 Å². The molecular weight excluding hydrogens is 324 g/mol. The van der Waals surface area contributed by atoms with Gasteiger partial charge in [0, 0.05) is 10.8 Å². The van der Waals surface area contributed by atoms with E-state index in [4.69, 9.17) is 0 Å². The van der Waals surface area contributed by atoms with Crippen LogP contribution in [-0.2, 0) is 17.3 Å². The molecule has 2 aromatic carbocycles. The van der Waals surface area contributed by atoms with Crippen molar-refractivity contribution < 1.29 is 0 Å². The molecule has 0 aliphatic heterocycles. The number of rotatable bonds is 0. The summed E-state index contributed by atoms with van der Waals surface area (Å²) in [6, 6.07) is 9.99. The average Bonchev–Trinajstić information content (AvgIpc) is 3.12. The van der Waals surface area contributed by atoms with Crippen molar-refractivity contribution in [1.82, 2.24) is 0 Å². The van der Waals surface area contributed by atoms with Crippen LogP contribution in [0.1, 0.15) is 88.8 Å². The summed E-state index contributed by atoms with van der Waals surface area (Å²) in [6.07, 6.45) is 1.08. The van der Waals surface area contributed by atoms with Gasteiger partial charge in [0.1, 0.15) is 0 Å². The van der Waals surface area contributed by atoms with E-state index in [1.165, 1.54) is 66.8 Å². The molecule has 2 aromatic rings. The molecule has 0 heteroatoms. The summed E-state index contributed by atoms with van der Waals surface area (Å²) >= 11 is 0. The minimum absolute atomic E-state index is 0.156. The summed E-state index contributed by atoms with van der Waals surface area (Å²) in [6.45, 7) is 18.7. The molecule has 138 valence electrons. The number of hydrogen-bond donors (Lipinski definition) is 0. The van der Waals surface area contributed by atoms with Gasteiger partial charge in [-0.05, 0) is 102 Å². The Morgan fingerprint density at radius 3 is 1.30 bits per heavy atom. The highest BCUT2D eigenvalue weighted by molar-refractivity contribution is 5.89. The standard InChI is InChI=1S/C27H30/c1-14-16(3)26(5,6)24-10-18-9-19-11-25-21(15(2)17(4)27(25,7)8)13-23(19)22(18)12-20(14)24/h10-13H,9H2,1-8H3. The molecular formula is C27H30. The molecule has 0 spiro atoms. The SMILES string of the molecule is CC1=C(C)C(C)(C)c2cc3c(cc21)-c1cc2c(cc1C3)C(C)(C)C(C)=C2C. The van der Waals surface area contributed by atoms with Crippen LogP contribution in [0.4, 0.5) is 0 Å². The molecule has 0 nitrogen and oxygen atoms in total. The molecule has 3 aliphatic rings. The van der Waals surface area contributed by atoms with Gasteiger partial charge in [-0.15, -0.1) is 0 Å². The topological polar surface area (TPSA) is 0 Å². The average molecular weight is 355 g/mol. The fourth-order valence-electron chi connectivity index (χ4n) is 5.69. The van der Waals surface area contributed by atoms with E-state index in [2.05, 4.69) is 79.7 Å². The largest absolute Gasteiger partial charge is 0.0597 e. The Kier molecular flexibility index (Phi) is 3.06. The third-order valence-electron chi connectivity index (χ3n) is 8.31. The van der Waals surface area contributed by atoms with Crippen LogP contribution in [0.5, 0.6) is 0 Å². The zero-order chi connectivity index (χ0) is 19.5. The van der Waals surface area contributed by atoms with E-state index in [1.807, 2.05) is 0 Å². The van der Waals surface area contributed by atoms with E-state index in [0.29, 0.717) is 0 Å². The Bertz CT molecular complexity index is 1020. The van der Waals surface area contributed by atoms with Crippen molar-refractivity contribution in [3.8, 4) is 11.1 Å². The lowest BCUT2D eigenvalue weighted by atomic mass is 9.81. The van der Waals surface area contributed by atoms with Crippen LogP contribution in [0, 0.1) is 0 Å². The van der Waals surface area contributed by atoms with E-state index in [1.54, 1.807) is 0 Å². The molecule has 3 aliphatic carbocycles. The van der Waals surface area contributed by atoms with E-state index in [-0.39, 0.29) is 10.8 Å². The van der Waals surface area contributed by atoms with Gasteiger partial charge in [0.15, 0.2) is 0 Å². The molecule has 0 aromatic heterocycles. The molecule has 0 saturated carbocycles. The summed E-state index contributed by atoms with van der Waals surface area (Å²) < 4.78 is 0. The minimum Gasteiger partial charge on any atom is -0.0597 e. The molecule has 0 unspecified atom stereocenters. The first-order valence-corrected chi connectivity index (χ1v) is 10.3. The van der Waals surface area contributed by atoms with Crippen molar-refractivity contribution >= 4 is 11.1 Å². The molecule has 5 rings (SSSR count). The lowest BCUT2D eigenvalue weighted by molar-refractivity contribution is 0.637. The molecule has 27 heavy (non-hydrogen) atoms. The van der Waals surface area contributed by atoms with Crippen LogP contribution in [0.15, 0.2) is 35.4 Å². The minimum atomic E-state index is 0.156. The van der Waals surface area contributed by atoms with E-state index < -0.39 is 0 Å². The Balaban J connectivity index is 1.74. The van der Waals surface area contributed by atoms with Gasteiger partial charge in [0.25, 0.3) is 0 Å². The van der Waals surface area contributed by atoms with E-state index in [0.717, 1.165) is 6.42 Å². The molecule has 0 atom stereocenters. The third kappa shape index (κ3) is 1.89. The molecule has 0 radical (unpaired) electrons. The van der Waals surface area contributed by atoms with Crippen molar-refractivity contribution in [3.05, 3.63) is 68.8 Å². The highest BCUT2D eigenvalue weighted by Gasteiger charge is 2.38. The fourth-order valence-corrected chi connectivity index (χ4v) is 5.69. The molecule has 0 bridgehead atoms. The number of fused-ring (bicyclic) bond motifs is 5. The second kappa shape index (κ2) is 4.85. The van der Waals surface area contributed by atoms with Gasteiger partial charge in [-0.1, -0.05) is 51.0 Å². The molecule has 0 heterocycles. The van der Waals surface area contributed by atoms with Gasteiger partial charge in [-0.25, -0.2) is 0 Å². The van der Waals surface area contributed by atoms with Crippen molar-refractivity contribution in [3.63, 3.8) is 0 Å². The van der Waals surface area contributed by atoms with Crippen LogP contribution in [-0.4, -0.2) is 0 Å². The summed E-state index contributed by atoms with van der Waals surface area (Å²) in [5.41, 5.74) is 18.2. The predicted molar refractivity (Wildman–Crippen MR) is 117 cm³/mol. The van der Waals surface area contributed by atoms with Crippen molar-refractivity contribution in [1.29, 1.82) is 0 Å². The number of benzene rings is 2. The molecule has 0 saturated heterocycles. The van der Waals surface area contributed by atoms with Crippen molar-refractivity contribution in [2.24, 2.45) is 0 Å². The highest BCUT2D eigenvalue weighted by atomic mass is 14.4. The predicted octanol–water partition coefficient (Wildman–Crippen LogP) is 7.43. The Morgan fingerprint density at radius 2 is 0.926 bits per heavy atom. The maximum Gasteiger partial charge on any atom is 0.0114 e. The lowest BCUT2D eigenvalue weighted by Crippen LogP contribution is -2.15. The van der Waals surface area contributed by atoms with Gasteiger partial charge in [0.2, 0.25) is 0 Å². The van der Waals surface area contributed by atoms with Crippen molar-refractivity contribution in [2.75, 3.05) is 0 Å². The van der Waals surface area contributed by atoms with Gasteiger partial charge < -0.3 is 0 Å². The Morgan fingerprint density at radius 1 is 0.556 bits per heavy atom. The van der Waals surface area contributed by atoms with Gasteiger partial charge in [0.05, 0.1) is 0 Å². The van der Waals surface area contributed by atoms with Crippen LogP contribution < -0.4 is 0 Å². The maximum atomic E-state index is 2.51. The molecule has 0 fully saturated rings. The maximum absolute atomic E-state index is 2.51. The van der Waals surface area contributed by atoms with E-state index in [9.17, 15) is 0 Å². The van der Waals surface area contributed by atoms with Crippen LogP contribution in [0.25, 0.3) is 22.3 Å². The first kappa shape index (κ1) is 17.0. The highest BCUT2D eigenvalue weighted by Crippen LogP contribution is 2.52. The summed E-state index contributed by atoms with van der Waals surface area (Å²) in [5.74, 6) is 0. The number of hydrogen-bond acceptors (Lipinski definition) is 0. The fraction of sp³-hybridized carbons (Fsp3) is 0.407. The lowest BCUT2D eigenvalue weighted by Gasteiger charge is -2.23. The summed E-state index contributed by atoms with van der Waals surface area (Å²) in [5, 5.41) is 0. The molecule has 0 N–H and O–H groups in total.